The van der Waals surface area contributed by atoms with Crippen LogP contribution in [0.15, 0.2) is 12.2 Å². The molecule has 0 bridgehead atoms. The fourth-order valence-corrected chi connectivity index (χ4v) is 3.90. The fraction of sp³-hybridized carbons (Fsp3) is 0.875. The van der Waals surface area contributed by atoms with E-state index in [1.54, 1.807) is 0 Å². The largest absolute Gasteiger partial charge is 0.300 e. The molecule has 0 aromatic rings. The lowest BCUT2D eigenvalue weighted by Crippen LogP contribution is -2.60. The van der Waals surface area contributed by atoms with Crippen molar-refractivity contribution in [1.29, 1.82) is 0 Å². The first kappa shape index (κ1) is 14.1. The van der Waals surface area contributed by atoms with Crippen LogP contribution in [0.2, 0.25) is 0 Å². The Morgan fingerprint density at radius 1 is 1.28 bits per heavy atom. The van der Waals surface area contributed by atoms with Gasteiger partial charge in [-0.15, -0.1) is 0 Å². The number of fused-ring (bicyclic) bond motifs is 1. The van der Waals surface area contributed by atoms with Gasteiger partial charge in [0.15, 0.2) is 0 Å². The highest BCUT2D eigenvalue weighted by Gasteiger charge is 2.45. The van der Waals surface area contributed by atoms with Crippen molar-refractivity contribution in [2.45, 2.75) is 52.5 Å². The summed E-state index contributed by atoms with van der Waals surface area (Å²) in [6, 6.07) is 0. The van der Waals surface area contributed by atoms with Crippen molar-refractivity contribution in [2.75, 3.05) is 32.7 Å². The summed E-state index contributed by atoms with van der Waals surface area (Å²) in [5.41, 5.74) is 2.27. The molecule has 2 heterocycles. The third kappa shape index (κ3) is 2.97. The molecule has 0 saturated carbocycles. The average Bonchev–Trinajstić information content (AvgIpc) is 2.51. The zero-order valence-corrected chi connectivity index (χ0v) is 12.8. The van der Waals surface area contributed by atoms with Crippen LogP contribution in [0.3, 0.4) is 0 Å². The molecule has 0 amide bonds. The second kappa shape index (κ2) is 4.97. The van der Waals surface area contributed by atoms with Crippen molar-refractivity contribution in [2.24, 2.45) is 5.41 Å². The molecule has 0 N–H and O–H groups in total. The van der Waals surface area contributed by atoms with E-state index < -0.39 is 0 Å². The fourth-order valence-electron chi connectivity index (χ4n) is 3.90. The van der Waals surface area contributed by atoms with Gasteiger partial charge in [0.2, 0.25) is 0 Å². The van der Waals surface area contributed by atoms with Gasteiger partial charge in [0.05, 0.1) is 0 Å². The molecule has 1 atom stereocenters. The molecular weight excluding hydrogens is 220 g/mol. The Morgan fingerprint density at radius 3 is 2.61 bits per heavy atom. The van der Waals surface area contributed by atoms with Crippen molar-refractivity contribution in [3.63, 3.8) is 0 Å². The maximum absolute atomic E-state index is 4.25. The molecule has 18 heavy (non-hydrogen) atoms. The van der Waals surface area contributed by atoms with Gasteiger partial charge in [0.1, 0.15) is 0 Å². The van der Waals surface area contributed by atoms with Gasteiger partial charge in [-0.2, -0.15) is 0 Å². The van der Waals surface area contributed by atoms with E-state index >= 15 is 0 Å². The lowest BCUT2D eigenvalue weighted by atomic mass is 9.86. The third-order valence-electron chi connectivity index (χ3n) is 4.28. The lowest BCUT2D eigenvalue weighted by molar-refractivity contribution is 0.00788. The van der Waals surface area contributed by atoms with Crippen molar-refractivity contribution in [1.82, 2.24) is 9.80 Å². The van der Waals surface area contributed by atoms with Gasteiger partial charge in [-0.05, 0) is 18.3 Å². The Hall–Kier alpha value is -0.340. The van der Waals surface area contributed by atoms with Crippen LogP contribution in [0.5, 0.6) is 0 Å². The van der Waals surface area contributed by atoms with E-state index in [2.05, 4.69) is 44.1 Å². The van der Waals surface area contributed by atoms with Gasteiger partial charge in [-0.1, -0.05) is 46.3 Å². The van der Waals surface area contributed by atoms with Crippen LogP contribution in [0.1, 0.15) is 47.0 Å². The van der Waals surface area contributed by atoms with Gasteiger partial charge in [0, 0.05) is 38.3 Å². The second-order valence-corrected chi connectivity index (χ2v) is 7.59. The summed E-state index contributed by atoms with van der Waals surface area (Å²) in [6.07, 6.45) is 3.83. The molecule has 2 saturated heterocycles. The zero-order chi connectivity index (χ0) is 13.4. The molecule has 1 unspecified atom stereocenters. The Bertz CT molecular complexity index is 316. The molecule has 2 aliphatic rings. The summed E-state index contributed by atoms with van der Waals surface area (Å²) in [7, 11) is 0. The van der Waals surface area contributed by atoms with Crippen LogP contribution in [0.4, 0.5) is 0 Å². The van der Waals surface area contributed by atoms with Crippen molar-refractivity contribution in [3.8, 4) is 0 Å². The third-order valence-corrected chi connectivity index (χ3v) is 4.28. The van der Waals surface area contributed by atoms with Crippen LogP contribution >= 0.6 is 0 Å². The molecule has 2 fully saturated rings. The van der Waals surface area contributed by atoms with Crippen molar-refractivity contribution < 1.29 is 0 Å². The van der Waals surface area contributed by atoms with Crippen molar-refractivity contribution in [3.05, 3.63) is 12.2 Å². The maximum Gasteiger partial charge on any atom is 0.0377 e. The maximum atomic E-state index is 4.25. The molecule has 2 aliphatic heterocycles. The highest BCUT2D eigenvalue weighted by molar-refractivity contribution is 5.17. The molecule has 2 nitrogen and oxygen atoms in total. The molecule has 0 aromatic carbocycles. The summed E-state index contributed by atoms with van der Waals surface area (Å²) < 4.78 is 0. The number of nitrogens with zero attached hydrogens (tertiary/aromatic N) is 2. The Morgan fingerprint density at radius 2 is 2.00 bits per heavy atom. The SMILES string of the molecule is C=C1CN2CCN(CC(C)(C)C)CC2(CCC)C1. The molecule has 104 valence electrons. The van der Waals surface area contributed by atoms with Gasteiger partial charge in [-0.25, -0.2) is 0 Å². The summed E-state index contributed by atoms with van der Waals surface area (Å²) in [5, 5.41) is 0. The summed E-state index contributed by atoms with van der Waals surface area (Å²) >= 11 is 0. The topological polar surface area (TPSA) is 6.48 Å². The normalized spacial score (nSPS) is 30.8. The summed E-state index contributed by atoms with van der Waals surface area (Å²) in [4.78, 5) is 5.39. The van der Waals surface area contributed by atoms with Crippen LogP contribution in [-0.4, -0.2) is 48.1 Å². The van der Waals surface area contributed by atoms with E-state index in [0.29, 0.717) is 11.0 Å². The van der Waals surface area contributed by atoms with Gasteiger partial charge < -0.3 is 0 Å². The minimum Gasteiger partial charge on any atom is -0.300 e. The molecule has 0 aromatic heterocycles. The highest BCUT2D eigenvalue weighted by atomic mass is 15.3. The van der Waals surface area contributed by atoms with Crippen LogP contribution < -0.4 is 0 Å². The van der Waals surface area contributed by atoms with E-state index in [1.165, 1.54) is 51.0 Å². The Kier molecular flexibility index (Phi) is 3.89. The summed E-state index contributed by atoms with van der Waals surface area (Å²) in [6.45, 7) is 19.7. The van der Waals surface area contributed by atoms with E-state index in [-0.39, 0.29) is 0 Å². The number of hydrogen-bond donors (Lipinski definition) is 0. The number of hydrogen-bond acceptors (Lipinski definition) is 2. The zero-order valence-electron chi connectivity index (χ0n) is 12.8. The van der Waals surface area contributed by atoms with E-state index in [0.717, 1.165) is 6.54 Å². The van der Waals surface area contributed by atoms with E-state index in [4.69, 9.17) is 0 Å². The van der Waals surface area contributed by atoms with E-state index in [9.17, 15) is 0 Å². The van der Waals surface area contributed by atoms with Gasteiger partial charge in [-0.3, -0.25) is 9.80 Å². The monoisotopic (exact) mass is 250 g/mol. The van der Waals surface area contributed by atoms with Crippen LogP contribution in [0, 0.1) is 5.41 Å². The van der Waals surface area contributed by atoms with Gasteiger partial charge in [0.25, 0.3) is 0 Å². The average molecular weight is 250 g/mol. The predicted molar refractivity (Wildman–Crippen MR) is 78.9 cm³/mol. The first-order valence-electron chi connectivity index (χ1n) is 7.49. The second-order valence-electron chi connectivity index (χ2n) is 7.59. The minimum atomic E-state index is 0.408. The van der Waals surface area contributed by atoms with Gasteiger partial charge >= 0.3 is 0 Å². The molecule has 0 spiro atoms. The van der Waals surface area contributed by atoms with Crippen molar-refractivity contribution >= 4 is 0 Å². The number of piperazine rings is 1. The molecular formula is C16H30N2. The Labute approximate surface area is 113 Å². The lowest BCUT2D eigenvalue weighted by Gasteiger charge is -2.48. The predicted octanol–water partition coefficient (Wildman–Crippen LogP) is 3.15. The molecule has 0 aliphatic carbocycles. The molecule has 2 heteroatoms. The molecule has 0 radical (unpaired) electrons. The Balaban J connectivity index is 2.08. The quantitative estimate of drug-likeness (QED) is 0.710. The smallest absolute Gasteiger partial charge is 0.0377 e. The first-order chi connectivity index (χ1) is 8.35. The van der Waals surface area contributed by atoms with Crippen LogP contribution in [-0.2, 0) is 0 Å². The summed E-state index contributed by atoms with van der Waals surface area (Å²) in [5.74, 6) is 0. The van der Waals surface area contributed by atoms with Crippen LogP contribution in [0.25, 0.3) is 0 Å². The highest BCUT2D eigenvalue weighted by Crippen LogP contribution is 2.39. The van der Waals surface area contributed by atoms with E-state index in [1.807, 2.05) is 0 Å². The minimum absolute atomic E-state index is 0.408. The first-order valence-corrected chi connectivity index (χ1v) is 7.49. The number of rotatable bonds is 3. The molecule has 2 rings (SSSR count). The standard InChI is InChI=1S/C16H30N2/c1-6-7-16-10-14(2)11-18(16)9-8-17(13-16)12-15(3,4)5/h2,6-13H2,1,3-5H3.